The first kappa shape index (κ1) is 16.0. The van der Waals surface area contributed by atoms with Gasteiger partial charge in [-0.15, -0.1) is 6.58 Å². The summed E-state index contributed by atoms with van der Waals surface area (Å²) in [4.78, 5) is 14.8. The first-order chi connectivity index (χ1) is 11.6. The number of carbonyl (C=O) groups excluding carboxylic acids is 1. The Labute approximate surface area is 146 Å². The van der Waals surface area contributed by atoms with Gasteiger partial charge in [0.1, 0.15) is 0 Å². The third kappa shape index (κ3) is 2.14. The first-order valence-corrected chi connectivity index (χ1v) is 9.49. The Bertz CT molecular complexity index is 704. The fraction of sp³-hybridized carbons (Fsp3) is 0.526. The van der Waals surface area contributed by atoms with Crippen LogP contribution in [0.25, 0.3) is 0 Å². The third-order valence-corrected chi connectivity index (χ3v) is 7.10. The van der Waals surface area contributed by atoms with Gasteiger partial charge in [0.2, 0.25) is 0 Å². The van der Waals surface area contributed by atoms with Gasteiger partial charge >= 0.3 is 0 Å². The molecule has 0 amide bonds. The van der Waals surface area contributed by atoms with Crippen LogP contribution in [0, 0.1) is 5.92 Å². The molecule has 0 aromatic heterocycles. The zero-order chi connectivity index (χ0) is 16.9. The summed E-state index contributed by atoms with van der Waals surface area (Å²) in [5.74, 6) is 1.99. The van der Waals surface area contributed by atoms with Gasteiger partial charge in [-0.05, 0) is 36.9 Å². The Kier molecular flexibility index (Phi) is 3.88. The Morgan fingerprint density at radius 3 is 3.12 bits per heavy atom. The van der Waals surface area contributed by atoms with Crippen LogP contribution in [-0.2, 0) is 16.6 Å². The van der Waals surface area contributed by atoms with Gasteiger partial charge in [0.05, 0.1) is 7.11 Å². The number of ether oxygens (including phenoxy) is 1. The molecule has 2 heterocycles. The van der Waals surface area contributed by atoms with E-state index in [2.05, 4.69) is 17.5 Å². The molecule has 1 N–H and O–H groups in total. The van der Waals surface area contributed by atoms with E-state index >= 15 is 0 Å². The molecule has 0 radical (unpaired) electrons. The van der Waals surface area contributed by atoms with Gasteiger partial charge < -0.3 is 9.84 Å². The first-order valence-electron chi connectivity index (χ1n) is 8.50. The molecule has 2 bridgehead atoms. The van der Waals surface area contributed by atoms with Gasteiger partial charge in [0, 0.05) is 35.7 Å². The Morgan fingerprint density at radius 1 is 1.54 bits per heavy atom. The lowest BCUT2D eigenvalue weighted by molar-refractivity contribution is -0.114. The number of phenolic OH excluding ortho intramolecular Hbond substituents is 1. The molecule has 2 fully saturated rings. The number of methoxy groups -OCH3 is 1. The maximum atomic E-state index is 12.3. The van der Waals surface area contributed by atoms with Crippen molar-refractivity contribution in [3.05, 3.63) is 35.9 Å². The largest absolute Gasteiger partial charge is 0.504 e. The maximum absolute atomic E-state index is 12.3. The number of nitrogens with zero attached hydrogens (tertiary/aromatic N) is 1. The number of aromatic hydroxyl groups is 1. The van der Waals surface area contributed by atoms with Crippen molar-refractivity contribution in [2.45, 2.75) is 30.7 Å². The van der Waals surface area contributed by atoms with Crippen LogP contribution >= 0.6 is 11.8 Å². The van der Waals surface area contributed by atoms with E-state index in [9.17, 15) is 9.90 Å². The average Bonchev–Trinajstić information content (AvgIpc) is 2.57. The van der Waals surface area contributed by atoms with Crippen molar-refractivity contribution in [1.29, 1.82) is 0 Å². The number of hydrogen-bond donors (Lipinski definition) is 1. The van der Waals surface area contributed by atoms with Crippen molar-refractivity contribution >= 4 is 16.9 Å². The molecule has 24 heavy (non-hydrogen) atoms. The Morgan fingerprint density at radius 2 is 2.38 bits per heavy atom. The van der Waals surface area contributed by atoms with Crippen LogP contribution < -0.4 is 4.74 Å². The van der Waals surface area contributed by atoms with Gasteiger partial charge in [0.15, 0.2) is 16.6 Å². The monoisotopic (exact) mass is 345 g/mol. The quantitative estimate of drug-likeness (QED) is 0.854. The molecule has 2 saturated heterocycles. The fourth-order valence-electron chi connectivity index (χ4n) is 5.09. The number of thioether (sulfide) groups is 1. The lowest BCUT2D eigenvalue weighted by Gasteiger charge is -2.58. The topological polar surface area (TPSA) is 49.8 Å². The van der Waals surface area contributed by atoms with E-state index in [4.69, 9.17) is 4.74 Å². The SMILES string of the molecule is C=CCN1CC[C@@]23CC(=O)SC[C@@H]2C1Cc1ccc(OC)c(O)c13. The summed E-state index contributed by atoms with van der Waals surface area (Å²) in [6.07, 6.45) is 4.31. The molecule has 0 saturated carbocycles. The number of piperidine rings is 1. The minimum absolute atomic E-state index is 0.239. The highest BCUT2D eigenvalue weighted by Crippen LogP contribution is 2.58. The number of carbonyl (C=O) groups is 1. The molecule has 2 aliphatic heterocycles. The van der Waals surface area contributed by atoms with Gasteiger partial charge in [-0.3, -0.25) is 9.69 Å². The predicted octanol–water partition coefficient (Wildman–Crippen LogP) is 2.73. The molecular formula is C19H23NO3S. The van der Waals surface area contributed by atoms with E-state index in [1.807, 2.05) is 12.1 Å². The van der Waals surface area contributed by atoms with Crippen LogP contribution in [0.5, 0.6) is 11.5 Å². The molecule has 0 spiro atoms. The second kappa shape index (κ2) is 5.81. The highest BCUT2D eigenvalue weighted by Gasteiger charge is 2.57. The highest BCUT2D eigenvalue weighted by molar-refractivity contribution is 8.13. The summed E-state index contributed by atoms with van der Waals surface area (Å²) in [7, 11) is 1.58. The van der Waals surface area contributed by atoms with Crippen LogP contribution in [0.2, 0.25) is 0 Å². The Hall–Kier alpha value is -1.46. The molecule has 4 nitrogen and oxygen atoms in total. The summed E-state index contributed by atoms with van der Waals surface area (Å²) >= 11 is 1.46. The molecule has 128 valence electrons. The molecule has 5 heteroatoms. The number of likely N-dealkylation sites (tertiary alicyclic amines) is 1. The number of hydrogen-bond acceptors (Lipinski definition) is 5. The predicted molar refractivity (Wildman–Crippen MR) is 95.8 cm³/mol. The molecule has 3 aliphatic rings. The number of fused-ring (bicyclic) bond motifs is 1. The lowest BCUT2D eigenvalue weighted by atomic mass is 9.56. The van der Waals surface area contributed by atoms with E-state index in [1.54, 1.807) is 7.11 Å². The summed E-state index contributed by atoms with van der Waals surface area (Å²) in [5, 5.41) is 11.1. The summed E-state index contributed by atoms with van der Waals surface area (Å²) in [5.41, 5.74) is 1.91. The van der Waals surface area contributed by atoms with Gasteiger partial charge in [-0.25, -0.2) is 0 Å². The Balaban J connectivity index is 1.89. The van der Waals surface area contributed by atoms with Gasteiger partial charge in [-0.2, -0.15) is 0 Å². The lowest BCUT2D eigenvalue weighted by Crippen LogP contribution is -2.62. The standard InChI is InChI=1S/C19H23NO3S/c1-3-7-20-8-6-19-10-16(21)24-11-13(19)14(20)9-12-4-5-15(23-2)18(22)17(12)19/h3-5,13-14,22H,1,6-11H2,2H3/t13-,14?,19-/m1/s1. The van der Waals surface area contributed by atoms with Crippen molar-refractivity contribution < 1.29 is 14.6 Å². The zero-order valence-electron chi connectivity index (χ0n) is 14.0. The molecular weight excluding hydrogens is 322 g/mol. The van der Waals surface area contributed by atoms with Gasteiger partial charge in [0.25, 0.3) is 0 Å². The number of benzene rings is 1. The van der Waals surface area contributed by atoms with E-state index < -0.39 is 0 Å². The molecule has 1 aliphatic carbocycles. The summed E-state index contributed by atoms with van der Waals surface area (Å²) in [6, 6.07) is 4.33. The van der Waals surface area contributed by atoms with Crippen molar-refractivity contribution in [2.24, 2.45) is 5.92 Å². The van der Waals surface area contributed by atoms with E-state index in [-0.39, 0.29) is 16.3 Å². The van der Waals surface area contributed by atoms with E-state index in [0.29, 0.717) is 24.1 Å². The van der Waals surface area contributed by atoms with E-state index in [1.165, 1.54) is 17.3 Å². The zero-order valence-corrected chi connectivity index (χ0v) is 14.8. The van der Waals surface area contributed by atoms with Crippen LogP contribution in [0.1, 0.15) is 24.0 Å². The number of rotatable bonds is 3. The smallest absolute Gasteiger partial charge is 0.189 e. The molecule has 4 rings (SSSR count). The van der Waals surface area contributed by atoms with E-state index in [0.717, 1.165) is 37.2 Å². The summed E-state index contributed by atoms with van der Waals surface area (Å²) in [6.45, 7) is 5.73. The van der Waals surface area contributed by atoms with Crippen LogP contribution in [0.15, 0.2) is 24.8 Å². The second-order valence-corrected chi connectivity index (χ2v) is 8.16. The second-order valence-electron chi connectivity index (χ2n) is 7.08. The highest BCUT2D eigenvalue weighted by atomic mass is 32.2. The third-order valence-electron chi connectivity index (χ3n) is 6.11. The minimum atomic E-state index is -0.239. The minimum Gasteiger partial charge on any atom is -0.504 e. The molecule has 1 aromatic carbocycles. The average molecular weight is 345 g/mol. The van der Waals surface area contributed by atoms with Crippen molar-refractivity contribution in [3.63, 3.8) is 0 Å². The van der Waals surface area contributed by atoms with Crippen molar-refractivity contribution in [2.75, 3.05) is 26.0 Å². The van der Waals surface area contributed by atoms with Crippen LogP contribution in [0.4, 0.5) is 0 Å². The maximum Gasteiger partial charge on any atom is 0.189 e. The fourth-order valence-corrected chi connectivity index (χ4v) is 6.36. The summed E-state index contributed by atoms with van der Waals surface area (Å²) < 4.78 is 5.35. The number of phenols is 1. The van der Waals surface area contributed by atoms with Crippen LogP contribution in [0.3, 0.4) is 0 Å². The van der Waals surface area contributed by atoms with Crippen molar-refractivity contribution in [1.82, 2.24) is 4.90 Å². The van der Waals surface area contributed by atoms with Gasteiger partial charge in [-0.1, -0.05) is 23.9 Å². The van der Waals surface area contributed by atoms with Crippen LogP contribution in [-0.4, -0.2) is 47.1 Å². The molecule has 3 atom stereocenters. The molecule has 1 aromatic rings. The normalized spacial score (nSPS) is 32.0. The molecule has 1 unspecified atom stereocenters. The van der Waals surface area contributed by atoms with Crippen molar-refractivity contribution in [3.8, 4) is 11.5 Å².